The Bertz CT molecular complexity index is 504. The van der Waals surface area contributed by atoms with Crippen molar-refractivity contribution in [1.82, 2.24) is 0 Å². The molecule has 1 aromatic rings. The molecule has 2 aliphatic rings. The topological polar surface area (TPSA) is 49.7 Å². The lowest BCUT2D eigenvalue weighted by atomic mass is 9.59. The number of aliphatic hydroxyl groups is 2. The number of ether oxygens (including phenoxy) is 1. The van der Waals surface area contributed by atoms with Gasteiger partial charge in [0.1, 0.15) is 0 Å². The van der Waals surface area contributed by atoms with E-state index >= 15 is 0 Å². The maximum absolute atomic E-state index is 9.84. The maximum atomic E-state index is 9.84. The summed E-state index contributed by atoms with van der Waals surface area (Å²) in [4.78, 5) is 0. The van der Waals surface area contributed by atoms with Gasteiger partial charge in [0, 0.05) is 17.9 Å². The van der Waals surface area contributed by atoms with Gasteiger partial charge in [-0.1, -0.05) is 36.4 Å². The molecule has 0 aromatic heterocycles. The zero-order valence-corrected chi connectivity index (χ0v) is 11.9. The van der Waals surface area contributed by atoms with Crippen molar-refractivity contribution in [2.45, 2.75) is 25.4 Å². The normalized spacial score (nSPS) is 31.8. The van der Waals surface area contributed by atoms with Crippen molar-refractivity contribution in [3.8, 4) is 0 Å². The highest BCUT2D eigenvalue weighted by Gasteiger charge is 2.58. The van der Waals surface area contributed by atoms with Gasteiger partial charge in [-0.05, 0) is 30.9 Å². The van der Waals surface area contributed by atoms with E-state index in [1.807, 2.05) is 25.1 Å². The van der Waals surface area contributed by atoms with Gasteiger partial charge in [0.15, 0.2) is 0 Å². The number of rotatable bonds is 3. The van der Waals surface area contributed by atoms with Gasteiger partial charge in [0.05, 0.1) is 18.8 Å². The Hall–Kier alpha value is -1.16. The molecule has 0 saturated carbocycles. The number of allylic oxidation sites excluding steroid dienone is 1. The largest absolute Gasteiger partial charge is 0.396 e. The maximum Gasteiger partial charge on any atom is 0.0826 e. The molecule has 1 aromatic carbocycles. The molecular weight excluding hydrogens is 252 g/mol. The van der Waals surface area contributed by atoms with Crippen LogP contribution in [0, 0.1) is 11.3 Å². The molecule has 2 atom stereocenters. The first-order valence-electron chi connectivity index (χ1n) is 7.28. The minimum atomic E-state index is -0.577. The second-order valence-electron chi connectivity index (χ2n) is 6.12. The van der Waals surface area contributed by atoms with Crippen LogP contribution in [0.5, 0.6) is 0 Å². The van der Waals surface area contributed by atoms with Gasteiger partial charge in [-0.15, -0.1) is 0 Å². The molecule has 3 rings (SSSR count). The van der Waals surface area contributed by atoms with Gasteiger partial charge in [-0.25, -0.2) is 0 Å². The average Bonchev–Trinajstić information content (AvgIpc) is 2.90. The van der Waals surface area contributed by atoms with Crippen LogP contribution in [-0.2, 0) is 4.74 Å². The summed E-state index contributed by atoms with van der Waals surface area (Å²) in [6.07, 6.45) is 3.78. The Morgan fingerprint density at radius 3 is 2.55 bits per heavy atom. The van der Waals surface area contributed by atoms with Crippen LogP contribution in [0.2, 0.25) is 0 Å². The van der Waals surface area contributed by atoms with E-state index < -0.39 is 11.0 Å². The number of hydrogen-bond acceptors (Lipinski definition) is 3. The van der Waals surface area contributed by atoms with Gasteiger partial charge in [-0.3, -0.25) is 0 Å². The molecule has 1 fully saturated rings. The Morgan fingerprint density at radius 1 is 1.20 bits per heavy atom. The van der Waals surface area contributed by atoms with E-state index in [0.29, 0.717) is 13.0 Å². The molecule has 0 unspecified atom stereocenters. The second-order valence-corrected chi connectivity index (χ2v) is 6.12. The summed E-state index contributed by atoms with van der Waals surface area (Å²) in [7, 11) is 0. The number of fused-ring (bicyclic) bond motifs is 1. The van der Waals surface area contributed by atoms with Crippen molar-refractivity contribution in [1.29, 1.82) is 0 Å². The Labute approximate surface area is 119 Å². The van der Waals surface area contributed by atoms with Crippen LogP contribution < -0.4 is 0 Å². The molecule has 2 N–H and O–H groups in total. The highest BCUT2D eigenvalue weighted by Crippen LogP contribution is 2.55. The van der Waals surface area contributed by atoms with Gasteiger partial charge in [0.25, 0.3) is 0 Å². The summed E-state index contributed by atoms with van der Waals surface area (Å²) < 4.78 is 6.03. The molecule has 0 radical (unpaired) electrons. The van der Waals surface area contributed by atoms with Crippen LogP contribution in [-0.4, -0.2) is 35.6 Å². The SMILES string of the molecule is C[C@]12OCC[C@H]1C(c1ccccc1)=CCC2(CO)CO. The standard InChI is InChI=1S/C17H22O3/c1-16-15(8-10-20-16)14(13-5-3-2-4-6-13)7-9-17(16,11-18)12-19/h2-7,15,18-19H,8-12H2,1H3/t15-,16-/m0/s1. The summed E-state index contributed by atoms with van der Waals surface area (Å²) in [5, 5.41) is 19.7. The van der Waals surface area contributed by atoms with Crippen molar-refractivity contribution < 1.29 is 14.9 Å². The molecule has 1 aliphatic carbocycles. The zero-order chi connectivity index (χ0) is 14.2. The van der Waals surface area contributed by atoms with Crippen LogP contribution in [0.4, 0.5) is 0 Å². The van der Waals surface area contributed by atoms with Crippen molar-refractivity contribution in [2.24, 2.45) is 11.3 Å². The lowest BCUT2D eigenvalue weighted by Crippen LogP contribution is -2.56. The molecule has 20 heavy (non-hydrogen) atoms. The first-order valence-corrected chi connectivity index (χ1v) is 7.28. The van der Waals surface area contributed by atoms with Crippen LogP contribution in [0.1, 0.15) is 25.3 Å². The predicted octanol–water partition coefficient (Wildman–Crippen LogP) is 2.24. The number of hydrogen-bond donors (Lipinski definition) is 2. The monoisotopic (exact) mass is 274 g/mol. The summed E-state index contributed by atoms with van der Waals surface area (Å²) in [5.41, 5.74) is 1.45. The molecule has 3 heteroatoms. The van der Waals surface area contributed by atoms with E-state index in [1.54, 1.807) is 0 Å². The van der Waals surface area contributed by atoms with Crippen LogP contribution in [0.25, 0.3) is 5.57 Å². The van der Waals surface area contributed by atoms with E-state index in [9.17, 15) is 10.2 Å². The fourth-order valence-electron chi connectivity index (χ4n) is 3.83. The summed E-state index contributed by atoms with van der Waals surface area (Å²) in [5.74, 6) is 0.234. The molecule has 1 saturated heterocycles. The zero-order valence-electron chi connectivity index (χ0n) is 11.9. The van der Waals surface area contributed by atoms with Crippen LogP contribution in [0.3, 0.4) is 0 Å². The highest BCUT2D eigenvalue weighted by atomic mass is 16.5. The molecule has 1 aliphatic heterocycles. The second kappa shape index (κ2) is 4.99. The molecule has 3 nitrogen and oxygen atoms in total. The van der Waals surface area contributed by atoms with Crippen molar-refractivity contribution in [3.05, 3.63) is 42.0 Å². The minimum Gasteiger partial charge on any atom is -0.396 e. The smallest absolute Gasteiger partial charge is 0.0826 e. The van der Waals surface area contributed by atoms with Crippen LogP contribution >= 0.6 is 0 Å². The van der Waals surface area contributed by atoms with Gasteiger partial charge >= 0.3 is 0 Å². The molecule has 0 amide bonds. The number of aliphatic hydroxyl groups excluding tert-OH is 2. The lowest BCUT2D eigenvalue weighted by molar-refractivity contribution is -0.144. The first-order chi connectivity index (χ1) is 9.67. The van der Waals surface area contributed by atoms with Gasteiger partial charge < -0.3 is 14.9 Å². The molecule has 108 valence electrons. The fourth-order valence-corrected chi connectivity index (χ4v) is 3.83. The molecular formula is C17H22O3. The van der Waals surface area contributed by atoms with Crippen molar-refractivity contribution in [3.63, 3.8) is 0 Å². The molecule has 0 bridgehead atoms. The first kappa shape index (κ1) is 13.8. The van der Waals surface area contributed by atoms with Gasteiger partial charge in [-0.2, -0.15) is 0 Å². The molecule has 1 heterocycles. The third-order valence-corrected chi connectivity index (χ3v) is 5.33. The average molecular weight is 274 g/mol. The van der Waals surface area contributed by atoms with E-state index in [4.69, 9.17) is 4.74 Å². The quantitative estimate of drug-likeness (QED) is 0.888. The van der Waals surface area contributed by atoms with Gasteiger partial charge in [0.2, 0.25) is 0 Å². The van der Waals surface area contributed by atoms with Crippen molar-refractivity contribution in [2.75, 3.05) is 19.8 Å². The summed E-state index contributed by atoms with van der Waals surface area (Å²) >= 11 is 0. The summed E-state index contributed by atoms with van der Waals surface area (Å²) in [6.45, 7) is 2.64. The van der Waals surface area contributed by atoms with E-state index in [2.05, 4.69) is 18.2 Å². The van der Waals surface area contributed by atoms with Crippen LogP contribution in [0.15, 0.2) is 36.4 Å². The Balaban J connectivity index is 2.06. The molecule has 0 spiro atoms. The number of benzene rings is 1. The van der Waals surface area contributed by atoms with E-state index in [1.165, 1.54) is 11.1 Å². The third kappa shape index (κ3) is 1.77. The minimum absolute atomic E-state index is 0.0466. The summed E-state index contributed by atoms with van der Waals surface area (Å²) in [6, 6.07) is 10.3. The van der Waals surface area contributed by atoms with E-state index in [-0.39, 0.29) is 19.1 Å². The lowest BCUT2D eigenvalue weighted by Gasteiger charge is -2.50. The van der Waals surface area contributed by atoms with E-state index in [0.717, 1.165) is 6.42 Å². The predicted molar refractivity (Wildman–Crippen MR) is 78.1 cm³/mol. The van der Waals surface area contributed by atoms with Crippen molar-refractivity contribution >= 4 is 5.57 Å². The fraction of sp³-hybridized carbons (Fsp3) is 0.529. The Kier molecular flexibility index (Phi) is 3.44. The Morgan fingerprint density at radius 2 is 1.90 bits per heavy atom. The highest BCUT2D eigenvalue weighted by molar-refractivity contribution is 5.70. The third-order valence-electron chi connectivity index (χ3n) is 5.33.